The van der Waals surface area contributed by atoms with Crippen molar-refractivity contribution in [3.8, 4) is 69.0 Å². The van der Waals surface area contributed by atoms with E-state index >= 15 is 0 Å². The molecule has 12 aromatic rings. The van der Waals surface area contributed by atoms with Crippen LogP contribution in [0.5, 0.6) is 69.0 Å². The van der Waals surface area contributed by atoms with Crippen molar-refractivity contribution in [2.45, 2.75) is 110 Å². The van der Waals surface area contributed by atoms with Gasteiger partial charge in [-0.25, -0.2) is 5.26 Å². The molecular weight excluding hydrogens is 1870 g/mol. The van der Waals surface area contributed by atoms with E-state index < -0.39 is 6.08 Å². The predicted molar refractivity (Wildman–Crippen MR) is 545 cm³/mol. The van der Waals surface area contributed by atoms with Gasteiger partial charge in [0.15, 0.2) is 6.26 Å². The second kappa shape index (κ2) is 53.7. The van der Waals surface area contributed by atoms with Gasteiger partial charge < -0.3 is 88.7 Å². The molecule has 6 N–H and O–H groups in total. The Bertz CT molecular complexity index is 5560. The van der Waals surface area contributed by atoms with Gasteiger partial charge in [0.2, 0.25) is 0 Å². The van der Waals surface area contributed by atoms with Crippen LogP contribution in [-0.4, -0.2) is 216 Å². The minimum absolute atomic E-state index is 0. The normalized spacial score (nSPS) is 15.0. The van der Waals surface area contributed by atoms with Gasteiger partial charge in [-0.1, -0.05) is 72.8 Å². The van der Waals surface area contributed by atoms with Crippen molar-refractivity contribution >= 4 is 33.6 Å². The molecule has 4 fully saturated rings. The van der Waals surface area contributed by atoms with E-state index in [1.807, 2.05) is 48.5 Å². The van der Waals surface area contributed by atoms with Crippen LogP contribution >= 0.6 is 0 Å². The number of aliphatic hydroxyl groups excluding tert-OH is 5. The molecule has 4 heterocycles. The Balaban J connectivity index is 0.000000203. The summed E-state index contributed by atoms with van der Waals surface area (Å²) in [5.74, 6) is 8.69. The van der Waals surface area contributed by atoms with E-state index in [1.165, 1.54) is 40.0 Å². The first-order chi connectivity index (χ1) is 69.5. The van der Waals surface area contributed by atoms with Crippen LogP contribution in [0.4, 0.5) is 8.78 Å². The van der Waals surface area contributed by atoms with Crippen LogP contribution in [0.15, 0.2) is 182 Å². The number of halogens is 2. The van der Waals surface area contributed by atoms with Gasteiger partial charge >= 0.3 is 35.6 Å². The summed E-state index contributed by atoms with van der Waals surface area (Å²) in [6.45, 7) is 8.46. The number of nitrogens with zero attached hydrogens (tertiary/aromatic N) is 4. The first kappa shape index (κ1) is 112. The molecule has 31 heteroatoms. The monoisotopic (exact) mass is 1990 g/mol. The summed E-state index contributed by atoms with van der Waals surface area (Å²) in [7, 11) is 19.8. The molecule has 0 unspecified atom stereocenters. The second-order valence-corrected chi connectivity index (χ2v) is 35.3. The van der Waals surface area contributed by atoms with Gasteiger partial charge in [-0.15, -0.1) is 0 Å². The Hall–Kier alpha value is -13.0. The third-order valence-corrected chi connectivity index (χ3v) is 25.8. The number of rotatable bonds is 21. The van der Waals surface area contributed by atoms with Crippen LogP contribution in [0, 0.1) is 0 Å². The van der Waals surface area contributed by atoms with E-state index in [-0.39, 0.29) is 78.7 Å². The zero-order chi connectivity index (χ0) is 102. The van der Waals surface area contributed by atoms with E-state index in [0.717, 1.165) is 204 Å². The molecule has 12 aromatic carbocycles. The third-order valence-electron chi connectivity index (χ3n) is 25.8. The topological polar surface area (TPSA) is 323 Å². The molecule has 0 spiro atoms. The summed E-state index contributed by atoms with van der Waals surface area (Å²) in [6.07, 6.45) is 6.71. The summed E-state index contributed by atoms with van der Waals surface area (Å²) in [5, 5.41) is 55.7. The average Bonchev–Trinajstić information content (AvgIpc) is 0.765. The molecule has 4 aliphatic heterocycles. The number of methoxy groups -OCH3 is 12. The number of fused-ring (bicyclic) bond motifs is 24. The first-order valence-electron chi connectivity index (χ1n) is 46.7. The molecule has 0 aromatic heterocycles. The Kier molecular flexibility index (Phi) is 41.6. The number of aldehydes is 4. The summed E-state index contributed by atoms with van der Waals surface area (Å²) in [4.78, 5) is 61.1. The molecule has 28 bridgehead atoms. The molecule has 19 rings (SSSR count). The quantitative estimate of drug-likeness (QED) is 0.0128. The Morgan fingerprint density at radius 3 is 0.490 bits per heavy atom. The van der Waals surface area contributed by atoms with Crippen molar-refractivity contribution in [3.63, 3.8) is 0 Å². The number of para-hydroxylation sites is 4. The zero-order valence-electron chi connectivity index (χ0n) is 85.6. The molecule has 4 saturated heterocycles. The predicted octanol–water partition coefficient (Wildman–Crippen LogP) is 13.3. The van der Waals surface area contributed by atoms with Crippen molar-refractivity contribution in [3.05, 3.63) is 360 Å². The molecule has 27 nitrogen and oxygen atoms in total. The van der Waals surface area contributed by atoms with Crippen LogP contribution in [-0.2, 0) is 108 Å². The number of carbonyl (C=O) groups is 4. The zero-order valence-corrected chi connectivity index (χ0v) is 86.6. The van der Waals surface area contributed by atoms with Gasteiger partial charge in [0.1, 0.15) is 94.1 Å². The Morgan fingerprint density at radius 1 is 0.262 bits per heavy atom. The fourth-order valence-corrected chi connectivity index (χ4v) is 20.7. The fraction of sp³-hybridized carbons (Fsp3) is 0.316. The molecule has 757 valence electrons. The third kappa shape index (κ3) is 26.6. The molecule has 145 heavy (non-hydrogen) atoms. The van der Waals surface area contributed by atoms with E-state index in [4.69, 9.17) is 67.2 Å². The molecule has 0 atom stereocenters. The number of ether oxygens (including phenoxy) is 12. The Morgan fingerprint density at radius 2 is 0.386 bits per heavy atom. The van der Waals surface area contributed by atoms with E-state index in [1.54, 1.807) is 141 Å². The molecule has 3 aliphatic carbocycles. The second-order valence-electron chi connectivity index (χ2n) is 35.3. The number of hydrogen-bond acceptors (Lipinski definition) is 27. The van der Waals surface area contributed by atoms with Gasteiger partial charge in [-0.2, -0.15) is 8.78 Å². The Labute approximate surface area is 870 Å². The maximum absolute atomic E-state index is 12.1. The summed E-state index contributed by atoms with van der Waals surface area (Å²) >= 11 is 0. The molecule has 0 saturated carbocycles. The average molecular weight is 1990 g/mol. The first-order valence-corrected chi connectivity index (χ1v) is 46.7. The van der Waals surface area contributed by atoms with E-state index in [2.05, 4.69) is 97.3 Å². The van der Waals surface area contributed by atoms with Crippen molar-refractivity contribution in [2.24, 2.45) is 0 Å². The number of carbonyl (C=O) groups excluding carboxylic acids is 4. The van der Waals surface area contributed by atoms with E-state index in [0.29, 0.717) is 145 Å². The van der Waals surface area contributed by atoms with E-state index in [9.17, 15) is 48.4 Å². The van der Waals surface area contributed by atoms with Crippen LogP contribution < -0.4 is 86.4 Å². The largest absolute Gasteiger partial charge is 1.00 e. The van der Waals surface area contributed by atoms with Crippen molar-refractivity contribution in [2.75, 3.05) is 132 Å². The summed E-state index contributed by atoms with van der Waals surface area (Å²) < 4.78 is 92.9. The summed E-state index contributed by atoms with van der Waals surface area (Å²) in [5.41, 5.74) is 26.5. The van der Waals surface area contributed by atoms with Crippen LogP contribution in [0.2, 0.25) is 0 Å². The van der Waals surface area contributed by atoms with Crippen LogP contribution in [0.25, 0.3) is 0 Å². The minimum Gasteiger partial charge on any atom is -1.00 e. The number of hydrogen-bond donors (Lipinski definition) is 6. The fourth-order valence-electron chi connectivity index (χ4n) is 20.7. The van der Waals surface area contributed by atoms with Crippen LogP contribution in [0.1, 0.15) is 206 Å². The summed E-state index contributed by atoms with van der Waals surface area (Å²) in [6, 6.07) is 55.1. The van der Waals surface area contributed by atoms with Gasteiger partial charge in [-0.05, 0) is 260 Å². The van der Waals surface area contributed by atoms with Crippen molar-refractivity contribution in [1.29, 1.82) is 0 Å². The smallest absolute Gasteiger partial charge is 1.00 e. The maximum atomic E-state index is 12.1. The van der Waals surface area contributed by atoms with Gasteiger partial charge in [0.05, 0.1) is 152 Å². The minimum atomic E-state index is -2.06. The molecule has 3 radical (unpaired) electrons. The maximum Gasteiger partial charge on any atom is 1.00 e. The SMILES string of the molecule is C1N2CN3CN1CN(C2)C3.CCO.COc1c2cc(C=O)cc1Cc1cc(C=O)cc(c1OC)Cc1cc(C=O)cc(c1OC)Cc1cc(C=O)cc(c1OC)C2.COc1c2cc(CO)cc1Cc1cc(CO)cc(c1OC)Cc1cc(CO)cc(c1OC)Cc1cc(CO)cc(c1OC)C2.COc1c2cccc1Cc1cccc(c1OC)Cc1cccc(c1OC)Cc1cccc(c1OC)C2.OOC=C(F)F.[B].[H-].[Na+]. The van der Waals surface area contributed by atoms with Gasteiger partial charge in [-0.3, -0.25) is 38.8 Å². The number of benzene rings is 12. The van der Waals surface area contributed by atoms with Crippen molar-refractivity contribution in [1.82, 2.24) is 19.6 Å². The van der Waals surface area contributed by atoms with Crippen LogP contribution in [0.3, 0.4) is 0 Å². The standard InChI is InChI=1S/C36H40O8.C36H32O8.C32H32O4.C6H12N4.C2H2F2O2.C2H6O.B.Na.H/c2*1-41-33-25-5-21(17-37)6-26(33)14-28-8-23(19-39)10-30(35(28)43-3)16-32-12-24(20-40)11-31(36(32)44-4)15-29-9-22(18-38)7-27(13-25)34(29)42-2;1-33-29-21-9-5-10-22(29)18-24-12-7-14-26(31(24)35-3)20-28-16-8-15-27(32(28)36-4)19-25-13-6-11-23(17-21)30(25)34-2;1-7-2-9-4-8(1)5-10(3-7)6-9;3-2(4)1-6-5;1-2-3;;;/h5-12,37-40H,13-20H2,1-4H3;5-12,17-20H,13-16H2,1-4H3;5-16H,17-20H2,1-4H3;1-6H2;1,5H;3H,2H2,1H3;;;/q;;;;;;;+1;-1. The van der Waals surface area contributed by atoms with Gasteiger partial charge in [0.25, 0.3) is 0 Å². The molecular formula is C114H125BF2N4NaO23. The van der Waals surface area contributed by atoms with Crippen molar-refractivity contribution < 1.29 is 151 Å². The number of aliphatic hydroxyl groups is 5. The molecule has 7 aliphatic rings. The molecule has 0 amide bonds. The van der Waals surface area contributed by atoms with Gasteiger partial charge in [0, 0.05) is 114 Å².